The molecule has 1 heterocycles. The van der Waals surface area contributed by atoms with Crippen LogP contribution >= 0.6 is 11.3 Å². The van der Waals surface area contributed by atoms with E-state index in [-0.39, 0.29) is 5.91 Å². The summed E-state index contributed by atoms with van der Waals surface area (Å²) in [7, 11) is 0. The van der Waals surface area contributed by atoms with Gasteiger partial charge in [0.1, 0.15) is 18.4 Å². The van der Waals surface area contributed by atoms with Crippen molar-refractivity contribution in [3.05, 3.63) is 51.2 Å². The van der Waals surface area contributed by atoms with Crippen molar-refractivity contribution in [1.29, 1.82) is 5.26 Å². The van der Waals surface area contributed by atoms with Crippen LogP contribution in [0, 0.1) is 18.3 Å². The molecule has 0 aliphatic rings. The molecule has 0 bridgehead atoms. The number of hydrogen-bond acceptors (Lipinski definition) is 5. The van der Waals surface area contributed by atoms with Gasteiger partial charge in [0.05, 0.1) is 10.4 Å². The summed E-state index contributed by atoms with van der Waals surface area (Å²) in [5.74, 6) is 5.32. The molecule has 6 heteroatoms. The summed E-state index contributed by atoms with van der Waals surface area (Å²) in [6.07, 6.45) is 0. The van der Waals surface area contributed by atoms with Gasteiger partial charge in [-0.15, -0.1) is 11.3 Å². The number of hydrogen-bond donors (Lipinski definition) is 2. The van der Waals surface area contributed by atoms with E-state index in [1.165, 1.54) is 11.3 Å². The number of nitrogens with two attached hydrogens (primary N) is 1. The normalized spacial score (nSPS) is 9.85. The van der Waals surface area contributed by atoms with Crippen molar-refractivity contribution in [1.82, 2.24) is 5.43 Å². The van der Waals surface area contributed by atoms with Crippen LogP contribution in [-0.4, -0.2) is 5.91 Å². The van der Waals surface area contributed by atoms with Crippen molar-refractivity contribution < 1.29 is 9.53 Å². The standard InChI is InChI=1S/C14H13N3O2S/c1-9-11(6-13(20-9)14(18)17-16)8-19-12-5-3-2-4-10(12)7-15/h2-6H,8,16H2,1H3,(H,17,18). The maximum absolute atomic E-state index is 11.4. The van der Waals surface area contributed by atoms with Crippen LogP contribution in [0.5, 0.6) is 5.75 Å². The number of carbonyl (C=O) groups is 1. The maximum Gasteiger partial charge on any atom is 0.275 e. The highest BCUT2D eigenvalue weighted by atomic mass is 32.1. The first-order valence-electron chi connectivity index (χ1n) is 5.88. The van der Waals surface area contributed by atoms with Gasteiger partial charge < -0.3 is 4.74 Å². The number of aryl methyl sites for hydroxylation is 1. The highest BCUT2D eigenvalue weighted by molar-refractivity contribution is 7.14. The van der Waals surface area contributed by atoms with Gasteiger partial charge in [-0.25, -0.2) is 5.84 Å². The summed E-state index contributed by atoms with van der Waals surface area (Å²) in [5, 5.41) is 8.98. The van der Waals surface area contributed by atoms with Crippen LogP contribution in [0.15, 0.2) is 30.3 Å². The Morgan fingerprint density at radius 2 is 2.25 bits per heavy atom. The van der Waals surface area contributed by atoms with Crippen molar-refractivity contribution in [2.75, 3.05) is 0 Å². The average molecular weight is 287 g/mol. The molecule has 102 valence electrons. The molecule has 0 unspecified atom stereocenters. The molecule has 1 aromatic heterocycles. The number of nitrogen functional groups attached to an aromatic ring is 1. The first-order chi connectivity index (χ1) is 9.65. The number of nitrogens with zero attached hydrogens (tertiary/aromatic N) is 1. The smallest absolute Gasteiger partial charge is 0.275 e. The van der Waals surface area contributed by atoms with Crippen LogP contribution in [0.4, 0.5) is 0 Å². The Labute approximate surface area is 120 Å². The average Bonchev–Trinajstić information content (AvgIpc) is 2.85. The highest BCUT2D eigenvalue weighted by Gasteiger charge is 2.12. The van der Waals surface area contributed by atoms with Crippen molar-refractivity contribution in [2.45, 2.75) is 13.5 Å². The molecular formula is C14H13N3O2S. The van der Waals surface area contributed by atoms with E-state index in [0.717, 1.165) is 10.4 Å². The third-order valence-electron chi connectivity index (χ3n) is 2.77. The number of ether oxygens (including phenoxy) is 1. The number of carbonyl (C=O) groups excluding carboxylic acids is 1. The van der Waals surface area contributed by atoms with Crippen molar-refractivity contribution in [3.8, 4) is 11.8 Å². The molecule has 2 aromatic rings. The summed E-state index contributed by atoms with van der Waals surface area (Å²) in [4.78, 5) is 13.0. The summed E-state index contributed by atoms with van der Waals surface area (Å²) in [6.45, 7) is 2.21. The molecule has 5 nitrogen and oxygen atoms in total. The van der Waals surface area contributed by atoms with Gasteiger partial charge in [-0.3, -0.25) is 10.2 Å². The Morgan fingerprint density at radius 3 is 2.95 bits per heavy atom. The number of hydrazine groups is 1. The van der Waals surface area contributed by atoms with Gasteiger partial charge in [0.15, 0.2) is 0 Å². The predicted molar refractivity (Wildman–Crippen MR) is 76.2 cm³/mol. The number of benzene rings is 1. The fourth-order valence-corrected chi connectivity index (χ4v) is 2.62. The molecule has 0 atom stereocenters. The minimum absolute atomic E-state index is 0.304. The second kappa shape index (κ2) is 6.19. The van der Waals surface area contributed by atoms with E-state index in [1.807, 2.05) is 13.0 Å². The van der Waals surface area contributed by atoms with E-state index < -0.39 is 0 Å². The SMILES string of the molecule is Cc1sc(C(=O)NN)cc1COc1ccccc1C#N. The summed E-state index contributed by atoms with van der Waals surface area (Å²) >= 11 is 1.36. The van der Waals surface area contributed by atoms with Gasteiger partial charge in [-0.1, -0.05) is 12.1 Å². The summed E-state index contributed by atoms with van der Waals surface area (Å²) in [6, 6.07) is 10.9. The van der Waals surface area contributed by atoms with E-state index >= 15 is 0 Å². The maximum atomic E-state index is 11.4. The predicted octanol–water partition coefficient (Wildman–Crippen LogP) is 2.11. The van der Waals surface area contributed by atoms with Crippen LogP contribution in [0.1, 0.15) is 25.7 Å². The fraction of sp³-hybridized carbons (Fsp3) is 0.143. The van der Waals surface area contributed by atoms with Crippen molar-refractivity contribution in [2.24, 2.45) is 5.84 Å². The zero-order valence-corrected chi connectivity index (χ0v) is 11.7. The third-order valence-corrected chi connectivity index (χ3v) is 3.86. The Hall–Kier alpha value is -2.36. The Kier molecular flexibility index (Phi) is 4.35. The van der Waals surface area contributed by atoms with E-state index in [9.17, 15) is 4.79 Å². The van der Waals surface area contributed by atoms with Gasteiger partial charge in [0, 0.05) is 10.4 Å². The molecule has 1 amide bonds. The van der Waals surface area contributed by atoms with Gasteiger partial charge >= 0.3 is 0 Å². The molecule has 0 radical (unpaired) electrons. The number of nitrogens with one attached hydrogen (secondary N) is 1. The molecule has 0 aliphatic heterocycles. The lowest BCUT2D eigenvalue weighted by Crippen LogP contribution is -2.29. The molecule has 3 N–H and O–H groups in total. The number of amides is 1. The number of para-hydroxylation sites is 1. The number of thiophene rings is 1. The largest absolute Gasteiger partial charge is 0.487 e. The molecular weight excluding hydrogens is 274 g/mol. The molecule has 0 spiro atoms. The van der Waals surface area contributed by atoms with Crippen LogP contribution in [0.3, 0.4) is 0 Å². The van der Waals surface area contributed by atoms with Crippen molar-refractivity contribution in [3.63, 3.8) is 0 Å². The van der Waals surface area contributed by atoms with Crippen molar-refractivity contribution >= 4 is 17.2 Å². The van der Waals surface area contributed by atoms with Crippen LogP contribution in [0.2, 0.25) is 0 Å². The first kappa shape index (κ1) is 14.1. The topological polar surface area (TPSA) is 88.1 Å². The van der Waals surface area contributed by atoms with E-state index in [4.69, 9.17) is 15.8 Å². The molecule has 20 heavy (non-hydrogen) atoms. The molecule has 0 aliphatic carbocycles. The molecule has 0 saturated carbocycles. The second-order valence-corrected chi connectivity index (χ2v) is 5.32. The third kappa shape index (κ3) is 2.96. The monoisotopic (exact) mass is 287 g/mol. The number of rotatable bonds is 4. The fourth-order valence-electron chi connectivity index (χ4n) is 1.69. The summed E-state index contributed by atoms with van der Waals surface area (Å²) < 4.78 is 5.64. The molecule has 2 rings (SSSR count). The Morgan fingerprint density at radius 1 is 1.50 bits per heavy atom. The lowest BCUT2D eigenvalue weighted by Gasteiger charge is -2.06. The van der Waals surface area contributed by atoms with Gasteiger partial charge in [0.2, 0.25) is 0 Å². The summed E-state index contributed by atoms with van der Waals surface area (Å²) in [5.41, 5.74) is 3.49. The molecule has 0 saturated heterocycles. The quantitative estimate of drug-likeness (QED) is 0.512. The number of nitriles is 1. The first-order valence-corrected chi connectivity index (χ1v) is 6.69. The highest BCUT2D eigenvalue weighted by Crippen LogP contribution is 2.24. The van der Waals surface area contributed by atoms with Gasteiger partial charge in [-0.05, 0) is 25.1 Å². The van der Waals surface area contributed by atoms with E-state index in [1.54, 1.807) is 24.3 Å². The van der Waals surface area contributed by atoms with Crippen LogP contribution < -0.4 is 16.0 Å². The van der Waals surface area contributed by atoms with E-state index in [0.29, 0.717) is 22.8 Å². The second-order valence-electron chi connectivity index (χ2n) is 4.06. The van der Waals surface area contributed by atoms with Crippen LogP contribution in [0.25, 0.3) is 0 Å². The van der Waals surface area contributed by atoms with Gasteiger partial charge in [0.25, 0.3) is 5.91 Å². The minimum Gasteiger partial charge on any atom is -0.487 e. The Balaban J connectivity index is 2.13. The minimum atomic E-state index is -0.318. The lowest BCUT2D eigenvalue weighted by molar-refractivity contribution is 0.0957. The van der Waals surface area contributed by atoms with Gasteiger partial charge in [-0.2, -0.15) is 5.26 Å². The zero-order chi connectivity index (χ0) is 14.5. The zero-order valence-electron chi connectivity index (χ0n) is 10.8. The molecule has 0 fully saturated rings. The molecule has 1 aromatic carbocycles. The lowest BCUT2D eigenvalue weighted by atomic mass is 10.2. The Bertz CT molecular complexity index is 673. The van der Waals surface area contributed by atoms with E-state index in [2.05, 4.69) is 11.5 Å². The van der Waals surface area contributed by atoms with Crippen LogP contribution in [-0.2, 0) is 6.61 Å².